The smallest absolute Gasteiger partial charge is 0.264 e. The molecule has 0 unspecified atom stereocenters. The Bertz CT molecular complexity index is 1010. The van der Waals surface area contributed by atoms with E-state index < -0.39 is 0 Å². The summed E-state index contributed by atoms with van der Waals surface area (Å²) >= 11 is 1.10. The minimum Gasteiger partial charge on any atom is -0.495 e. The van der Waals surface area contributed by atoms with E-state index in [9.17, 15) is 14.4 Å². The maximum absolute atomic E-state index is 13.0. The number of hydrogen-bond acceptors (Lipinski definition) is 6. The summed E-state index contributed by atoms with van der Waals surface area (Å²) in [6, 6.07) is 13.7. The van der Waals surface area contributed by atoms with Crippen LogP contribution >= 0.6 is 11.3 Å². The van der Waals surface area contributed by atoms with Crippen LogP contribution in [0.1, 0.15) is 32.0 Å². The fraction of sp³-hybridized carbons (Fsp3) is 0.190. The summed E-state index contributed by atoms with van der Waals surface area (Å²) in [6.07, 6.45) is 1.51. The second-order valence-electron chi connectivity index (χ2n) is 6.21. The molecule has 0 bridgehead atoms. The number of amides is 2. The number of hydrogen-bond donors (Lipinski definition) is 1. The highest BCUT2D eigenvalue weighted by Gasteiger charge is 2.23. The van der Waals surface area contributed by atoms with Gasteiger partial charge in [-0.1, -0.05) is 12.1 Å². The van der Waals surface area contributed by atoms with Crippen LogP contribution in [0.3, 0.4) is 0 Å². The first-order chi connectivity index (χ1) is 14.0. The number of carbonyl (C=O) groups excluding carboxylic acids is 3. The van der Waals surface area contributed by atoms with Gasteiger partial charge >= 0.3 is 0 Å². The van der Waals surface area contributed by atoms with Gasteiger partial charge in [-0.05, 0) is 43.3 Å². The molecule has 0 aliphatic carbocycles. The van der Waals surface area contributed by atoms with Crippen LogP contribution < -0.4 is 10.1 Å². The Labute approximate surface area is 171 Å². The van der Waals surface area contributed by atoms with E-state index in [1.165, 1.54) is 25.2 Å². The average Bonchev–Trinajstić information content (AvgIpc) is 3.39. The Morgan fingerprint density at radius 1 is 1.07 bits per heavy atom. The second kappa shape index (κ2) is 9.20. The molecule has 0 atom stereocenters. The molecule has 0 radical (unpaired) electrons. The fourth-order valence-electron chi connectivity index (χ4n) is 2.70. The number of benzene rings is 1. The number of nitrogens with one attached hydrogen (secondary N) is 1. The van der Waals surface area contributed by atoms with Crippen LogP contribution in [-0.2, 0) is 11.3 Å². The molecule has 0 fully saturated rings. The van der Waals surface area contributed by atoms with Gasteiger partial charge in [0.1, 0.15) is 18.1 Å². The first kappa shape index (κ1) is 20.3. The normalized spacial score (nSPS) is 10.4. The molecular weight excluding hydrogens is 392 g/mol. The third-order valence-corrected chi connectivity index (χ3v) is 5.27. The van der Waals surface area contributed by atoms with E-state index in [0.29, 0.717) is 27.0 Å². The van der Waals surface area contributed by atoms with Crippen LogP contribution in [0.2, 0.25) is 0 Å². The maximum atomic E-state index is 13.0. The van der Waals surface area contributed by atoms with Gasteiger partial charge in [-0.15, -0.1) is 11.3 Å². The van der Waals surface area contributed by atoms with E-state index in [2.05, 4.69) is 5.32 Å². The van der Waals surface area contributed by atoms with Crippen molar-refractivity contribution in [3.63, 3.8) is 0 Å². The average molecular weight is 412 g/mol. The van der Waals surface area contributed by atoms with Crippen LogP contribution in [0.5, 0.6) is 5.75 Å². The molecule has 0 saturated carbocycles. The van der Waals surface area contributed by atoms with E-state index >= 15 is 0 Å². The van der Waals surface area contributed by atoms with Crippen molar-refractivity contribution in [1.29, 1.82) is 0 Å². The molecule has 0 aliphatic heterocycles. The topological polar surface area (TPSA) is 88.8 Å². The van der Waals surface area contributed by atoms with E-state index in [1.807, 2.05) is 0 Å². The summed E-state index contributed by atoms with van der Waals surface area (Å²) < 4.78 is 10.6. The number of ketones is 1. The van der Waals surface area contributed by atoms with Crippen LogP contribution in [-0.4, -0.2) is 36.2 Å². The first-order valence-electron chi connectivity index (χ1n) is 8.83. The molecule has 150 valence electrons. The SMILES string of the molecule is COc1ccccc1NC(=O)CN(Cc1ccco1)C(=O)c1ccc(C(C)=O)s1. The lowest BCUT2D eigenvalue weighted by atomic mass is 10.2. The summed E-state index contributed by atoms with van der Waals surface area (Å²) in [4.78, 5) is 39.4. The lowest BCUT2D eigenvalue weighted by Crippen LogP contribution is -2.37. The number of carbonyl (C=O) groups is 3. The summed E-state index contributed by atoms with van der Waals surface area (Å²) in [7, 11) is 1.52. The van der Waals surface area contributed by atoms with Gasteiger partial charge in [0.15, 0.2) is 5.78 Å². The molecule has 2 amide bonds. The van der Waals surface area contributed by atoms with Crippen molar-refractivity contribution in [2.45, 2.75) is 13.5 Å². The van der Waals surface area contributed by atoms with Gasteiger partial charge in [0.2, 0.25) is 5.91 Å². The Balaban J connectivity index is 1.78. The highest BCUT2D eigenvalue weighted by atomic mass is 32.1. The summed E-state index contributed by atoms with van der Waals surface area (Å²) in [5, 5.41) is 2.76. The predicted molar refractivity (Wildman–Crippen MR) is 109 cm³/mol. The molecule has 2 heterocycles. The standard InChI is InChI=1S/C21H20N2O5S/c1-14(24)18-9-10-19(29-18)21(26)23(12-15-6-5-11-28-15)13-20(25)22-16-7-3-4-8-17(16)27-2/h3-11H,12-13H2,1-2H3,(H,22,25). The maximum Gasteiger partial charge on any atom is 0.264 e. The summed E-state index contributed by atoms with van der Waals surface area (Å²) in [5.41, 5.74) is 0.514. The number of para-hydroxylation sites is 2. The quantitative estimate of drug-likeness (QED) is 0.568. The third kappa shape index (κ3) is 5.11. The second-order valence-corrected chi connectivity index (χ2v) is 7.29. The highest BCUT2D eigenvalue weighted by Crippen LogP contribution is 2.24. The lowest BCUT2D eigenvalue weighted by Gasteiger charge is -2.21. The molecule has 3 aromatic rings. The van der Waals surface area contributed by atoms with E-state index in [0.717, 1.165) is 11.3 Å². The minimum absolute atomic E-state index is 0.111. The Hall–Kier alpha value is -3.39. The molecule has 0 saturated heterocycles. The van der Waals surface area contributed by atoms with Gasteiger partial charge in [0.05, 0.1) is 35.4 Å². The zero-order valence-corrected chi connectivity index (χ0v) is 16.8. The van der Waals surface area contributed by atoms with Crippen molar-refractivity contribution in [3.8, 4) is 5.75 Å². The molecule has 2 aromatic heterocycles. The van der Waals surface area contributed by atoms with Gasteiger partial charge in [0.25, 0.3) is 5.91 Å². The number of nitrogens with zero attached hydrogens (tertiary/aromatic N) is 1. The van der Waals surface area contributed by atoms with Crippen LogP contribution in [0.25, 0.3) is 0 Å². The molecule has 29 heavy (non-hydrogen) atoms. The summed E-state index contributed by atoms with van der Waals surface area (Å²) in [5.74, 6) is 0.230. The molecule has 8 heteroatoms. The van der Waals surface area contributed by atoms with Crippen molar-refractivity contribution in [2.75, 3.05) is 19.0 Å². The largest absolute Gasteiger partial charge is 0.495 e. The van der Waals surface area contributed by atoms with Gasteiger partial charge < -0.3 is 19.4 Å². The van der Waals surface area contributed by atoms with Crippen LogP contribution in [0, 0.1) is 0 Å². The Morgan fingerprint density at radius 3 is 2.48 bits per heavy atom. The number of anilines is 1. The fourth-order valence-corrected chi connectivity index (χ4v) is 3.57. The molecule has 1 aromatic carbocycles. The monoisotopic (exact) mass is 412 g/mol. The van der Waals surface area contributed by atoms with Crippen molar-refractivity contribution in [3.05, 3.63) is 70.3 Å². The van der Waals surface area contributed by atoms with Crippen molar-refractivity contribution in [2.24, 2.45) is 0 Å². The van der Waals surface area contributed by atoms with Crippen molar-refractivity contribution >= 4 is 34.6 Å². The zero-order valence-electron chi connectivity index (χ0n) is 16.0. The van der Waals surface area contributed by atoms with Gasteiger partial charge in [0, 0.05) is 0 Å². The van der Waals surface area contributed by atoms with E-state index in [1.54, 1.807) is 48.5 Å². The van der Waals surface area contributed by atoms with Crippen molar-refractivity contribution < 1.29 is 23.5 Å². The van der Waals surface area contributed by atoms with Crippen LogP contribution in [0.4, 0.5) is 5.69 Å². The van der Waals surface area contributed by atoms with Gasteiger partial charge in [-0.2, -0.15) is 0 Å². The van der Waals surface area contributed by atoms with Gasteiger partial charge in [-0.25, -0.2) is 0 Å². The zero-order chi connectivity index (χ0) is 20.8. The predicted octanol–water partition coefficient (Wildman–Crippen LogP) is 3.83. The molecular formula is C21H20N2O5S. The third-order valence-electron chi connectivity index (χ3n) is 4.09. The number of rotatable bonds is 8. The lowest BCUT2D eigenvalue weighted by molar-refractivity contribution is -0.117. The highest BCUT2D eigenvalue weighted by molar-refractivity contribution is 7.15. The molecule has 7 nitrogen and oxygen atoms in total. The van der Waals surface area contributed by atoms with Gasteiger partial charge in [-0.3, -0.25) is 14.4 Å². The van der Waals surface area contributed by atoms with E-state index in [4.69, 9.17) is 9.15 Å². The Kier molecular flexibility index (Phi) is 6.46. The number of methoxy groups -OCH3 is 1. The van der Waals surface area contributed by atoms with Crippen LogP contribution in [0.15, 0.2) is 59.2 Å². The number of ether oxygens (including phenoxy) is 1. The molecule has 0 aliphatic rings. The molecule has 1 N–H and O–H groups in total. The number of furan rings is 1. The van der Waals surface area contributed by atoms with E-state index in [-0.39, 0.29) is 30.7 Å². The van der Waals surface area contributed by atoms with Crippen molar-refractivity contribution in [1.82, 2.24) is 4.90 Å². The summed E-state index contributed by atoms with van der Waals surface area (Å²) in [6.45, 7) is 1.38. The number of thiophene rings is 1. The minimum atomic E-state index is -0.377. The first-order valence-corrected chi connectivity index (χ1v) is 9.65. The molecule has 3 rings (SSSR count). The Morgan fingerprint density at radius 2 is 1.83 bits per heavy atom. The molecule has 0 spiro atoms. The number of Topliss-reactive ketones (excluding diaryl/α,β-unsaturated/α-hetero) is 1.